The molecule has 2 N–H and O–H groups in total. The van der Waals surface area contributed by atoms with Crippen LogP contribution in [0.15, 0.2) is 18.3 Å². The van der Waals surface area contributed by atoms with Crippen LogP contribution < -0.4 is 0 Å². The fourth-order valence-corrected chi connectivity index (χ4v) is 3.27. The third-order valence-corrected chi connectivity index (χ3v) is 4.40. The van der Waals surface area contributed by atoms with E-state index in [1.807, 2.05) is 18.0 Å². The number of rotatable bonds is 3. The van der Waals surface area contributed by atoms with Gasteiger partial charge in [-0.25, -0.2) is 4.98 Å². The van der Waals surface area contributed by atoms with Crippen LogP contribution >= 0.6 is 0 Å². The molecule has 6 nitrogen and oxygen atoms in total. The topological polar surface area (TPSA) is 72.5 Å². The Morgan fingerprint density at radius 2 is 2.14 bits per heavy atom. The molecule has 1 aliphatic carbocycles. The zero-order valence-electron chi connectivity index (χ0n) is 13.0. The number of carbonyl (C=O) groups is 1. The lowest BCUT2D eigenvalue weighted by Gasteiger charge is -2.24. The summed E-state index contributed by atoms with van der Waals surface area (Å²) in [5.74, 6) is 1.16. The zero-order chi connectivity index (χ0) is 15.5. The summed E-state index contributed by atoms with van der Waals surface area (Å²) < 4.78 is 0. The van der Waals surface area contributed by atoms with Crippen LogP contribution in [0.5, 0.6) is 0 Å². The van der Waals surface area contributed by atoms with E-state index in [2.05, 4.69) is 27.0 Å². The van der Waals surface area contributed by atoms with Gasteiger partial charge in [0.2, 0.25) is 5.91 Å². The molecule has 2 aliphatic rings. The Labute approximate surface area is 130 Å². The Morgan fingerprint density at radius 1 is 1.36 bits per heavy atom. The number of nitrogens with zero attached hydrogens (tertiary/aromatic N) is 3. The van der Waals surface area contributed by atoms with E-state index < -0.39 is 6.10 Å². The average molecular weight is 304 g/mol. The van der Waals surface area contributed by atoms with E-state index in [4.69, 9.17) is 0 Å². The highest BCUT2D eigenvalue weighted by atomic mass is 16.3. The number of β-amino-alcohol motifs (C(OH)–C–C–N with tert-alkyl or cyclic N) is 1. The molecule has 120 valence electrons. The van der Waals surface area contributed by atoms with Crippen molar-refractivity contribution in [2.45, 2.75) is 32.4 Å². The summed E-state index contributed by atoms with van der Waals surface area (Å²) >= 11 is 0. The smallest absolute Gasteiger partial charge is 0.226 e. The molecule has 1 aromatic rings. The molecule has 6 heteroatoms. The lowest BCUT2D eigenvalue weighted by molar-refractivity contribution is -0.136. The van der Waals surface area contributed by atoms with Crippen LogP contribution in [-0.2, 0) is 11.3 Å². The number of aromatic nitrogens is 2. The summed E-state index contributed by atoms with van der Waals surface area (Å²) in [5, 5.41) is 10.2. The minimum absolute atomic E-state index is 0.0778. The number of aryl methyl sites for hydroxylation is 1. The van der Waals surface area contributed by atoms with Gasteiger partial charge in [0.25, 0.3) is 0 Å². The molecule has 3 rings (SSSR count). The minimum atomic E-state index is -0.496. The van der Waals surface area contributed by atoms with Gasteiger partial charge in [-0.2, -0.15) is 0 Å². The number of hydrogen-bond acceptors (Lipinski definition) is 4. The highest BCUT2D eigenvalue weighted by Crippen LogP contribution is 2.21. The number of aliphatic hydroxyl groups is 1. The first-order valence-electron chi connectivity index (χ1n) is 7.96. The highest BCUT2D eigenvalue weighted by molar-refractivity contribution is 5.79. The molecule has 1 aliphatic heterocycles. The van der Waals surface area contributed by atoms with Crippen molar-refractivity contribution in [3.05, 3.63) is 29.9 Å². The molecule has 1 saturated heterocycles. The van der Waals surface area contributed by atoms with Crippen molar-refractivity contribution in [3.63, 3.8) is 0 Å². The predicted octanol–water partition coefficient (Wildman–Crippen LogP) is 0.689. The fraction of sp³-hybridized carbons (Fsp3) is 0.625. The molecule has 22 heavy (non-hydrogen) atoms. The summed E-state index contributed by atoms with van der Waals surface area (Å²) in [5.41, 5.74) is 1.05. The minimum Gasteiger partial charge on any atom is -0.390 e. The van der Waals surface area contributed by atoms with Crippen molar-refractivity contribution in [1.29, 1.82) is 0 Å². The lowest BCUT2D eigenvalue weighted by atomic mass is 10.1. The summed E-state index contributed by atoms with van der Waals surface area (Å²) in [4.78, 5) is 23.9. The average Bonchev–Trinajstić information content (AvgIpc) is 3.10. The van der Waals surface area contributed by atoms with Crippen molar-refractivity contribution in [3.8, 4) is 0 Å². The van der Waals surface area contributed by atoms with Gasteiger partial charge in [0.05, 0.1) is 6.10 Å². The lowest BCUT2D eigenvalue weighted by Crippen LogP contribution is -2.40. The van der Waals surface area contributed by atoms with Crippen molar-refractivity contribution in [2.24, 2.45) is 5.92 Å². The van der Waals surface area contributed by atoms with Crippen LogP contribution in [0.2, 0.25) is 0 Å². The van der Waals surface area contributed by atoms with E-state index in [-0.39, 0.29) is 11.8 Å². The Kier molecular flexibility index (Phi) is 4.59. The Morgan fingerprint density at radius 3 is 2.82 bits per heavy atom. The van der Waals surface area contributed by atoms with Crippen LogP contribution in [0, 0.1) is 12.8 Å². The monoisotopic (exact) mass is 304 g/mol. The predicted molar refractivity (Wildman–Crippen MR) is 83.1 cm³/mol. The second kappa shape index (κ2) is 6.62. The highest BCUT2D eigenvalue weighted by Gasteiger charge is 2.29. The first kappa shape index (κ1) is 15.2. The molecule has 0 radical (unpaired) electrons. The third kappa shape index (κ3) is 3.56. The maximum absolute atomic E-state index is 12.5. The quantitative estimate of drug-likeness (QED) is 0.806. The molecule has 1 atom stereocenters. The number of amides is 1. The Hall–Kier alpha value is -1.66. The number of hydrogen-bond donors (Lipinski definition) is 2. The molecule has 1 fully saturated rings. The van der Waals surface area contributed by atoms with E-state index in [0.717, 1.165) is 37.4 Å². The first-order chi connectivity index (χ1) is 10.6. The normalized spacial score (nSPS) is 23.9. The van der Waals surface area contributed by atoms with Crippen molar-refractivity contribution >= 4 is 5.91 Å². The molecule has 0 aromatic carbocycles. The number of aromatic amines is 1. The van der Waals surface area contributed by atoms with Crippen LogP contribution in [0.1, 0.15) is 24.4 Å². The molecule has 0 saturated carbocycles. The summed E-state index contributed by atoms with van der Waals surface area (Å²) in [6.45, 7) is 5.14. The number of carbonyl (C=O) groups excluding carboxylic acids is 1. The maximum atomic E-state index is 12.5. The molecule has 2 heterocycles. The number of aliphatic hydroxyl groups excluding tert-OH is 1. The second-order valence-corrected chi connectivity index (χ2v) is 6.31. The summed E-state index contributed by atoms with van der Waals surface area (Å²) in [6, 6.07) is 0. The van der Waals surface area contributed by atoms with Gasteiger partial charge in [-0.15, -0.1) is 0 Å². The molecule has 1 amide bonds. The van der Waals surface area contributed by atoms with E-state index in [0.29, 0.717) is 19.6 Å². The van der Waals surface area contributed by atoms with Crippen LogP contribution in [-0.4, -0.2) is 63.1 Å². The number of nitrogens with one attached hydrogen (secondary N) is 1. The standard InChI is InChI=1S/C16H24N4O2/c1-12-17-8-14(18-12)9-19-6-7-20(11-15(21)10-19)16(22)13-4-2-3-5-13/h2-3,8,13,15,21H,4-7,9-11H2,1H3,(H,17,18)/t15-/m0/s1. The van der Waals surface area contributed by atoms with Gasteiger partial charge < -0.3 is 15.0 Å². The fourth-order valence-electron chi connectivity index (χ4n) is 3.27. The largest absolute Gasteiger partial charge is 0.390 e. The van der Waals surface area contributed by atoms with Gasteiger partial charge in [0, 0.05) is 50.5 Å². The van der Waals surface area contributed by atoms with E-state index in [9.17, 15) is 9.90 Å². The Balaban J connectivity index is 1.58. The first-order valence-corrected chi connectivity index (χ1v) is 7.96. The van der Waals surface area contributed by atoms with Crippen LogP contribution in [0.4, 0.5) is 0 Å². The van der Waals surface area contributed by atoms with Gasteiger partial charge in [0.15, 0.2) is 0 Å². The van der Waals surface area contributed by atoms with Crippen LogP contribution in [0.25, 0.3) is 0 Å². The molecule has 1 aromatic heterocycles. The molecule has 0 bridgehead atoms. The van der Waals surface area contributed by atoms with Gasteiger partial charge in [-0.1, -0.05) is 12.2 Å². The van der Waals surface area contributed by atoms with Crippen molar-refractivity contribution < 1.29 is 9.90 Å². The third-order valence-electron chi connectivity index (χ3n) is 4.40. The van der Waals surface area contributed by atoms with Crippen LogP contribution in [0.3, 0.4) is 0 Å². The molecule has 0 spiro atoms. The van der Waals surface area contributed by atoms with E-state index >= 15 is 0 Å². The van der Waals surface area contributed by atoms with Gasteiger partial charge >= 0.3 is 0 Å². The second-order valence-electron chi connectivity index (χ2n) is 6.31. The molecular formula is C16H24N4O2. The van der Waals surface area contributed by atoms with E-state index in [1.165, 1.54) is 0 Å². The van der Waals surface area contributed by atoms with Gasteiger partial charge in [-0.3, -0.25) is 9.69 Å². The molecule has 0 unspecified atom stereocenters. The SMILES string of the molecule is Cc1ncc(CN2CCN(C(=O)C3CC=CC3)C[C@@H](O)C2)[nH]1. The number of H-pyrrole nitrogens is 1. The van der Waals surface area contributed by atoms with Crippen molar-refractivity contribution in [2.75, 3.05) is 26.2 Å². The number of imidazole rings is 1. The summed E-state index contributed by atoms with van der Waals surface area (Å²) in [6.07, 6.45) is 7.16. The van der Waals surface area contributed by atoms with Gasteiger partial charge in [-0.05, 0) is 19.8 Å². The van der Waals surface area contributed by atoms with Crippen molar-refractivity contribution in [1.82, 2.24) is 19.8 Å². The zero-order valence-corrected chi connectivity index (χ0v) is 13.0. The number of allylic oxidation sites excluding steroid dienone is 2. The molecular weight excluding hydrogens is 280 g/mol. The van der Waals surface area contributed by atoms with Gasteiger partial charge in [0.1, 0.15) is 5.82 Å². The summed E-state index contributed by atoms with van der Waals surface area (Å²) in [7, 11) is 0. The van der Waals surface area contributed by atoms with E-state index in [1.54, 1.807) is 0 Å². The Bertz CT molecular complexity index is 546. The maximum Gasteiger partial charge on any atom is 0.226 e.